The maximum atomic E-state index is 13.0. The number of carbonyl (C=O) groups excluding carboxylic acids is 2. The molecule has 0 radical (unpaired) electrons. The molecule has 7 rings (SSSR count). The second kappa shape index (κ2) is 17.5. The Morgan fingerprint density at radius 2 is 1.45 bits per heavy atom. The maximum absolute atomic E-state index is 13.0. The van der Waals surface area contributed by atoms with Crippen LogP contribution in [0, 0.1) is 50.2 Å². The molecule has 16 heteroatoms. The zero-order valence-electron chi connectivity index (χ0n) is 39.3. The van der Waals surface area contributed by atoms with Crippen molar-refractivity contribution in [3.8, 4) is 0 Å². The molecule has 8 N–H and O–H groups in total. The van der Waals surface area contributed by atoms with Crippen LogP contribution in [-0.2, 0) is 38.0 Å². The first-order valence-corrected chi connectivity index (χ1v) is 23.4. The van der Waals surface area contributed by atoms with E-state index in [2.05, 4.69) is 54.5 Å². The van der Waals surface area contributed by atoms with Gasteiger partial charge in [0.15, 0.2) is 18.7 Å². The lowest BCUT2D eigenvalue weighted by Crippen LogP contribution is -2.69. The summed E-state index contributed by atoms with van der Waals surface area (Å²) in [4.78, 5) is 26.0. The van der Waals surface area contributed by atoms with Crippen LogP contribution in [0.5, 0.6) is 0 Å². The number of allylic oxidation sites excluding steroid dienone is 3. The lowest BCUT2D eigenvalue weighted by Gasteiger charge is -2.72. The number of ether oxygens (including phenoxy) is 6. The zero-order valence-corrected chi connectivity index (χ0v) is 39.3. The van der Waals surface area contributed by atoms with E-state index in [-0.39, 0.29) is 40.6 Å². The van der Waals surface area contributed by atoms with Gasteiger partial charge in [0.2, 0.25) is 0 Å². The summed E-state index contributed by atoms with van der Waals surface area (Å²) in [5.41, 5.74) is -0.901. The summed E-state index contributed by atoms with van der Waals surface area (Å²) >= 11 is 0. The van der Waals surface area contributed by atoms with Crippen molar-refractivity contribution in [1.82, 2.24) is 0 Å². The van der Waals surface area contributed by atoms with Gasteiger partial charge in [-0.15, -0.1) is 0 Å². The van der Waals surface area contributed by atoms with Crippen LogP contribution in [0.3, 0.4) is 0 Å². The normalized spacial score (nSPS) is 49.8. The Kier molecular flexibility index (Phi) is 13.6. The van der Waals surface area contributed by atoms with Crippen molar-refractivity contribution in [3.63, 3.8) is 0 Å². The number of esters is 2. The molecule has 16 nitrogen and oxygen atoms in total. The van der Waals surface area contributed by atoms with E-state index in [1.54, 1.807) is 19.9 Å². The van der Waals surface area contributed by atoms with E-state index in [0.29, 0.717) is 24.8 Å². The third-order valence-corrected chi connectivity index (χ3v) is 18.4. The fraction of sp³-hybridized carbons (Fsp3) is 0.875. The monoisotopic (exact) mass is 909 g/mol. The first-order valence-electron chi connectivity index (χ1n) is 23.4. The number of hydrogen-bond donors (Lipinski definition) is 8. The van der Waals surface area contributed by atoms with Gasteiger partial charge in [0.1, 0.15) is 49.3 Å². The van der Waals surface area contributed by atoms with Crippen LogP contribution in [0.4, 0.5) is 0 Å². The summed E-state index contributed by atoms with van der Waals surface area (Å²) in [7, 11) is 1.12. The Hall–Kier alpha value is -2.06. The van der Waals surface area contributed by atoms with Gasteiger partial charge in [-0.2, -0.15) is 0 Å². The van der Waals surface area contributed by atoms with Crippen molar-refractivity contribution in [2.45, 2.75) is 193 Å². The van der Waals surface area contributed by atoms with Crippen molar-refractivity contribution in [2.75, 3.05) is 20.3 Å². The fourth-order valence-electron chi connectivity index (χ4n) is 14.5. The van der Waals surface area contributed by atoms with Crippen molar-refractivity contribution in [3.05, 3.63) is 23.3 Å². The van der Waals surface area contributed by atoms with Crippen molar-refractivity contribution in [1.29, 1.82) is 0 Å². The summed E-state index contributed by atoms with van der Waals surface area (Å²) < 4.78 is 34.9. The van der Waals surface area contributed by atoms with E-state index in [9.17, 15) is 50.4 Å². The highest BCUT2D eigenvalue weighted by Crippen LogP contribution is 2.76. The Morgan fingerprint density at radius 1 is 0.797 bits per heavy atom. The quantitative estimate of drug-likeness (QED) is 0.0716. The number of aliphatic hydroxyl groups excluding tert-OH is 8. The van der Waals surface area contributed by atoms with Gasteiger partial charge in [-0.3, -0.25) is 0 Å². The van der Waals surface area contributed by atoms with Crippen molar-refractivity contribution < 1.29 is 78.9 Å². The van der Waals surface area contributed by atoms with Crippen LogP contribution < -0.4 is 0 Å². The van der Waals surface area contributed by atoms with Gasteiger partial charge in [0, 0.05) is 5.57 Å². The molecular formula is C48H76O16. The number of hydrogen-bond acceptors (Lipinski definition) is 16. The highest BCUT2D eigenvalue weighted by Gasteiger charge is 2.72. The predicted octanol–water partition coefficient (Wildman–Crippen LogP) is 2.43. The average Bonchev–Trinajstić information content (AvgIpc) is 3.22. The Morgan fingerprint density at radius 3 is 2.09 bits per heavy atom. The predicted molar refractivity (Wildman–Crippen MR) is 228 cm³/mol. The van der Waals surface area contributed by atoms with E-state index in [4.69, 9.17) is 28.4 Å². The zero-order chi connectivity index (χ0) is 47.3. The second-order valence-electron chi connectivity index (χ2n) is 22.5. The molecule has 64 heavy (non-hydrogen) atoms. The van der Waals surface area contributed by atoms with Crippen molar-refractivity contribution in [2.24, 2.45) is 50.2 Å². The summed E-state index contributed by atoms with van der Waals surface area (Å²) in [6, 6.07) is 0. The Bertz CT molecular complexity index is 1810. The minimum Gasteiger partial charge on any atom is -0.467 e. The number of fused-ring (bicyclic) bond motifs is 7. The molecule has 6 fully saturated rings. The molecule has 2 aliphatic heterocycles. The van der Waals surface area contributed by atoms with Crippen LogP contribution in [0.15, 0.2) is 23.3 Å². The molecule has 0 aromatic heterocycles. The number of rotatable bonds is 9. The summed E-state index contributed by atoms with van der Waals surface area (Å²) in [6.07, 6.45) is -9.49. The van der Waals surface area contributed by atoms with E-state index < -0.39 is 115 Å². The fourth-order valence-corrected chi connectivity index (χ4v) is 14.5. The van der Waals surface area contributed by atoms with Gasteiger partial charge in [0.05, 0.1) is 37.4 Å². The molecule has 0 bridgehead atoms. The summed E-state index contributed by atoms with van der Waals surface area (Å²) in [6.45, 7) is 18.4. The molecule has 20 atom stereocenters. The topological polar surface area (TPSA) is 251 Å². The highest BCUT2D eigenvalue weighted by atomic mass is 16.7. The molecule has 4 saturated carbocycles. The first kappa shape index (κ1) is 49.8. The summed E-state index contributed by atoms with van der Waals surface area (Å²) in [5, 5.41) is 88.8. The minimum absolute atomic E-state index is 0.0671. The highest BCUT2D eigenvalue weighted by molar-refractivity contribution is 5.87. The lowest BCUT2D eigenvalue weighted by atomic mass is 9.33. The first-order chi connectivity index (χ1) is 29.8. The van der Waals surface area contributed by atoms with Gasteiger partial charge >= 0.3 is 11.9 Å². The van der Waals surface area contributed by atoms with E-state index in [0.717, 1.165) is 39.2 Å². The molecule has 0 amide bonds. The van der Waals surface area contributed by atoms with Gasteiger partial charge in [-0.25, -0.2) is 9.59 Å². The molecule has 0 unspecified atom stereocenters. The SMILES string of the molecule is C/C=C(\C)C(=O)OC[C@]12[C@@H](O)CC(C)(C)C[C@H]1C1=CC[C@@H]3[C@@]4(C)CC[C@H](O[C@@H]5O[C@H](C(=O)OC)[C@@H](O)[C@H](O[C@@H]6O[C@H](CO)[C@@H](O)[C@H](O)[C@H]6O)[C@H]5O)C(C)(C)[C@@H]4CC[C@@]3(C)[C@]1(C)C[C@@H]2O. The third kappa shape index (κ3) is 7.65. The Balaban J connectivity index is 1.15. The maximum Gasteiger partial charge on any atom is 0.337 e. The molecule has 364 valence electrons. The van der Waals surface area contributed by atoms with E-state index >= 15 is 0 Å². The standard InChI is InChI=1S/C48H76O16/c1-11-23(2)39(57)60-22-48-25(18-43(3,4)19-29(48)50)24-12-13-28-45(7)16-15-31(44(5,6)27(45)14-17-46(28,8)47(24,9)20-30(48)51)62-42-36(56)37(35(55)38(64-42)40(58)59-10)63-41-34(54)33(53)32(52)26(21-49)61-41/h11-12,25-38,41-42,49-56H,13-22H2,1-10H3/b23-11+/t25-,26+,27-,28+,29-,30-,31-,32+,33-,34+,35-,36+,37-,38-,41-,42+,45-,46+,47+,48+/m0/s1. The number of carbonyl (C=O) groups is 2. The van der Waals surface area contributed by atoms with Crippen LogP contribution in [0.25, 0.3) is 0 Å². The molecule has 2 heterocycles. The molecule has 2 saturated heterocycles. The molecular weight excluding hydrogens is 833 g/mol. The number of aliphatic hydroxyl groups is 8. The van der Waals surface area contributed by atoms with Gasteiger partial charge < -0.3 is 69.3 Å². The van der Waals surface area contributed by atoms with Crippen LogP contribution >= 0.6 is 0 Å². The lowest BCUT2D eigenvalue weighted by molar-refractivity contribution is -0.365. The second-order valence-corrected chi connectivity index (χ2v) is 22.5. The molecule has 0 aromatic rings. The molecule has 0 spiro atoms. The van der Waals surface area contributed by atoms with Gasteiger partial charge in [-0.05, 0) is 110 Å². The average molecular weight is 909 g/mol. The Labute approximate surface area is 377 Å². The molecule has 5 aliphatic carbocycles. The van der Waals surface area contributed by atoms with Crippen LogP contribution in [0.2, 0.25) is 0 Å². The van der Waals surface area contributed by atoms with Crippen LogP contribution in [0.1, 0.15) is 114 Å². The smallest absolute Gasteiger partial charge is 0.337 e. The van der Waals surface area contributed by atoms with Gasteiger partial charge in [-0.1, -0.05) is 66.2 Å². The van der Waals surface area contributed by atoms with E-state index in [1.807, 2.05) is 0 Å². The number of methoxy groups -OCH3 is 1. The minimum atomic E-state index is -1.84. The molecule has 0 aromatic carbocycles. The van der Waals surface area contributed by atoms with Gasteiger partial charge in [0.25, 0.3) is 0 Å². The molecule has 7 aliphatic rings. The van der Waals surface area contributed by atoms with Crippen LogP contribution in [-0.4, -0.2) is 153 Å². The van der Waals surface area contributed by atoms with E-state index in [1.165, 1.54) is 5.57 Å². The summed E-state index contributed by atoms with van der Waals surface area (Å²) in [5.74, 6) is -1.28. The third-order valence-electron chi connectivity index (χ3n) is 18.4. The largest absolute Gasteiger partial charge is 0.467 e. The van der Waals surface area contributed by atoms with Crippen molar-refractivity contribution >= 4 is 11.9 Å².